The first kappa shape index (κ1) is 17.1. The van der Waals surface area contributed by atoms with Crippen molar-refractivity contribution in [3.8, 4) is 0 Å². The largest absolute Gasteiger partial charge is 0.324 e. The molecule has 114 valence electrons. The minimum atomic E-state index is -0.209. The lowest BCUT2D eigenvalue weighted by atomic mass is 10.0. The Labute approximate surface area is 122 Å². The molecule has 0 saturated heterocycles. The standard InChI is InChI=1S/C16H28FN3/c1-4-10-20(13-12-19(2)3)11-9-16(18)14-5-7-15(17)8-6-14/h5-8,16H,4,9-13,18H2,1-3H3. The van der Waals surface area contributed by atoms with E-state index < -0.39 is 0 Å². The van der Waals surface area contributed by atoms with E-state index in [1.807, 2.05) is 0 Å². The number of benzene rings is 1. The third kappa shape index (κ3) is 6.46. The summed E-state index contributed by atoms with van der Waals surface area (Å²) in [6.45, 7) is 6.41. The monoisotopic (exact) mass is 281 g/mol. The normalized spacial score (nSPS) is 13.2. The maximum absolute atomic E-state index is 12.9. The van der Waals surface area contributed by atoms with Crippen molar-refractivity contribution in [1.29, 1.82) is 0 Å². The highest BCUT2D eigenvalue weighted by molar-refractivity contribution is 5.19. The van der Waals surface area contributed by atoms with Crippen molar-refractivity contribution < 1.29 is 4.39 Å². The highest BCUT2D eigenvalue weighted by Crippen LogP contribution is 2.15. The Morgan fingerprint density at radius 3 is 2.25 bits per heavy atom. The lowest BCUT2D eigenvalue weighted by Crippen LogP contribution is -2.34. The van der Waals surface area contributed by atoms with Crippen LogP contribution in [0.4, 0.5) is 4.39 Å². The van der Waals surface area contributed by atoms with Gasteiger partial charge in [0.1, 0.15) is 5.82 Å². The molecule has 0 spiro atoms. The van der Waals surface area contributed by atoms with Crippen molar-refractivity contribution in [3.63, 3.8) is 0 Å². The van der Waals surface area contributed by atoms with Gasteiger partial charge in [-0.2, -0.15) is 0 Å². The fourth-order valence-electron chi connectivity index (χ4n) is 2.19. The average molecular weight is 281 g/mol. The van der Waals surface area contributed by atoms with Crippen molar-refractivity contribution in [2.24, 2.45) is 5.73 Å². The third-order valence-corrected chi connectivity index (χ3v) is 3.46. The van der Waals surface area contributed by atoms with Gasteiger partial charge in [0.25, 0.3) is 0 Å². The fourth-order valence-corrected chi connectivity index (χ4v) is 2.19. The van der Waals surface area contributed by atoms with E-state index in [1.165, 1.54) is 12.1 Å². The number of hydrogen-bond acceptors (Lipinski definition) is 3. The van der Waals surface area contributed by atoms with Gasteiger partial charge in [0.2, 0.25) is 0 Å². The summed E-state index contributed by atoms with van der Waals surface area (Å²) in [5.74, 6) is -0.209. The second-order valence-electron chi connectivity index (χ2n) is 5.59. The molecule has 4 heteroatoms. The van der Waals surface area contributed by atoms with Crippen LogP contribution in [-0.2, 0) is 0 Å². The van der Waals surface area contributed by atoms with Crippen molar-refractivity contribution in [2.75, 3.05) is 40.3 Å². The van der Waals surface area contributed by atoms with E-state index in [9.17, 15) is 4.39 Å². The Balaban J connectivity index is 2.42. The van der Waals surface area contributed by atoms with Crippen LogP contribution in [0, 0.1) is 5.82 Å². The molecular formula is C16H28FN3. The number of hydrogen-bond donors (Lipinski definition) is 1. The van der Waals surface area contributed by atoms with Crippen LogP contribution in [0.25, 0.3) is 0 Å². The summed E-state index contributed by atoms with van der Waals surface area (Å²) < 4.78 is 12.9. The molecule has 1 unspecified atom stereocenters. The lowest BCUT2D eigenvalue weighted by molar-refractivity contribution is 0.234. The molecule has 0 fully saturated rings. The maximum atomic E-state index is 12.9. The van der Waals surface area contributed by atoms with Gasteiger partial charge in [-0.05, 0) is 57.7 Å². The van der Waals surface area contributed by atoms with Crippen LogP contribution in [0.1, 0.15) is 31.4 Å². The Morgan fingerprint density at radius 1 is 1.05 bits per heavy atom. The Kier molecular flexibility index (Phi) is 7.73. The summed E-state index contributed by atoms with van der Waals surface area (Å²) in [6, 6.07) is 6.50. The van der Waals surface area contributed by atoms with Crippen molar-refractivity contribution in [3.05, 3.63) is 35.6 Å². The topological polar surface area (TPSA) is 32.5 Å². The molecule has 3 nitrogen and oxygen atoms in total. The zero-order chi connectivity index (χ0) is 15.0. The van der Waals surface area contributed by atoms with E-state index in [-0.39, 0.29) is 11.9 Å². The number of nitrogens with zero attached hydrogens (tertiary/aromatic N) is 2. The molecule has 1 rings (SSSR count). The summed E-state index contributed by atoms with van der Waals surface area (Å²) in [6.07, 6.45) is 2.05. The molecule has 0 aliphatic rings. The van der Waals surface area contributed by atoms with E-state index in [0.29, 0.717) is 0 Å². The molecule has 0 saturated carbocycles. The summed E-state index contributed by atoms with van der Waals surface area (Å²) in [7, 11) is 4.18. The van der Waals surface area contributed by atoms with Crippen LogP contribution < -0.4 is 5.73 Å². The number of halogens is 1. The molecule has 0 aliphatic heterocycles. The molecule has 1 aromatic rings. The molecule has 0 aliphatic carbocycles. The lowest BCUT2D eigenvalue weighted by Gasteiger charge is -2.25. The molecule has 1 atom stereocenters. The molecule has 20 heavy (non-hydrogen) atoms. The maximum Gasteiger partial charge on any atom is 0.123 e. The second kappa shape index (κ2) is 9.06. The zero-order valence-corrected chi connectivity index (χ0v) is 13.0. The summed E-state index contributed by atoms with van der Waals surface area (Å²) in [5.41, 5.74) is 7.20. The quantitative estimate of drug-likeness (QED) is 0.755. The predicted octanol–water partition coefficient (Wildman–Crippen LogP) is 2.49. The minimum absolute atomic E-state index is 0.0192. The average Bonchev–Trinajstić information content (AvgIpc) is 2.42. The van der Waals surface area contributed by atoms with Gasteiger partial charge in [0, 0.05) is 19.1 Å². The van der Waals surface area contributed by atoms with Gasteiger partial charge in [-0.1, -0.05) is 19.1 Å². The van der Waals surface area contributed by atoms with Gasteiger partial charge in [-0.15, -0.1) is 0 Å². The van der Waals surface area contributed by atoms with Crippen molar-refractivity contribution in [2.45, 2.75) is 25.8 Å². The zero-order valence-electron chi connectivity index (χ0n) is 13.0. The summed E-state index contributed by atoms with van der Waals surface area (Å²) in [4.78, 5) is 4.64. The highest BCUT2D eigenvalue weighted by Gasteiger charge is 2.10. The van der Waals surface area contributed by atoms with E-state index in [0.717, 1.165) is 44.6 Å². The fraction of sp³-hybridized carbons (Fsp3) is 0.625. The molecule has 0 radical (unpaired) electrons. The van der Waals surface area contributed by atoms with Gasteiger partial charge < -0.3 is 15.5 Å². The van der Waals surface area contributed by atoms with Crippen LogP contribution >= 0.6 is 0 Å². The van der Waals surface area contributed by atoms with Gasteiger partial charge >= 0.3 is 0 Å². The van der Waals surface area contributed by atoms with Crippen LogP contribution in [0.3, 0.4) is 0 Å². The number of nitrogens with two attached hydrogens (primary N) is 1. The Hall–Kier alpha value is -0.970. The molecule has 0 bridgehead atoms. The predicted molar refractivity (Wildman–Crippen MR) is 83.2 cm³/mol. The molecule has 1 aromatic carbocycles. The van der Waals surface area contributed by atoms with Crippen LogP contribution in [0.15, 0.2) is 24.3 Å². The molecule has 0 heterocycles. The van der Waals surface area contributed by atoms with Gasteiger partial charge in [-0.3, -0.25) is 0 Å². The SMILES string of the molecule is CCCN(CCC(N)c1ccc(F)cc1)CCN(C)C. The summed E-state index contributed by atoms with van der Waals surface area (Å²) in [5, 5.41) is 0. The highest BCUT2D eigenvalue weighted by atomic mass is 19.1. The number of rotatable bonds is 9. The molecular weight excluding hydrogens is 253 g/mol. The van der Waals surface area contributed by atoms with Crippen LogP contribution in [0.5, 0.6) is 0 Å². The van der Waals surface area contributed by atoms with E-state index in [2.05, 4.69) is 30.8 Å². The molecule has 2 N–H and O–H groups in total. The van der Waals surface area contributed by atoms with Gasteiger partial charge in [-0.25, -0.2) is 4.39 Å². The molecule has 0 amide bonds. The minimum Gasteiger partial charge on any atom is -0.324 e. The van der Waals surface area contributed by atoms with Crippen molar-refractivity contribution in [1.82, 2.24) is 9.80 Å². The van der Waals surface area contributed by atoms with Gasteiger partial charge in [0.05, 0.1) is 0 Å². The van der Waals surface area contributed by atoms with Gasteiger partial charge in [0.15, 0.2) is 0 Å². The van der Waals surface area contributed by atoms with Crippen molar-refractivity contribution >= 4 is 0 Å². The second-order valence-corrected chi connectivity index (χ2v) is 5.59. The summed E-state index contributed by atoms with van der Waals surface area (Å²) >= 11 is 0. The Bertz CT molecular complexity index is 364. The Morgan fingerprint density at radius 2 is 1.70 bits per heavy atom. The first-order chi connectivity index (χ1) is 9.52. The first-order valence-electron chi connectivity index (χ1n) is 7.41. The van der Waals surface area contributed by atoms with E-state index in [1.54, 1.807) is 12.1 Å². The first-order valence-corrected chi connectivity index (χ1v) is 7.41. The van der Waals surface area contributed by atoms with Crippen LogP contribution in [-0.4, -0.2) is 50.1 Å². The third-order valence-electron chi connectivity index (χ3n) is 3.46. The number of likely N-dealkylation sites (N-methyl/N-ethyl adjacent to an activating group) is 1. The van der Waals surface area contributed by atoms with E-state index >= 15 is 0 Å². The van der Waals surface area contributed by atoms with E-state index in [4.69, 9.17) is 5.73 Å². The smallest absolute Gasteiger partial charge is 0.123 e. The molecule has 0 aromatic heterocycles. The van der Waals surface area contributed by atoms with Crippen LogP contribution in [0.2, 0.25) is 0 Å².